The molecule has 1 amide bonds. The molecule has 10 nitrogen and oxygen atoms in total. The normalized spacial score (nSPS) is 11.1. The predicted molar refractivity (Wildman–Crippen MR) is 72.7 cm³/mol. The van der Waals surface area contributed by atoms with Gasteiger partial charge in [-0.2, -0.15) is 0 Å². The summed E-state index contributed by atoms with van der Waals surface area (Å²) in [5, 5.41) is 10.5. The van der Waals surface area contributed by atoms with Gasteiger partial charge in [0.05, 0.1) is 16.9 Å². The number of non-ortho nitro benzene ring substituents is 1. The smallest absolute Gasteiger partial charge is 0.330 e. The van der Waals surface area contributed by atoms with E-state index in [4.69, 9.17) is 0 Å². The van der Waals surface area contributed by atoms with E-state index in [0.717, 1.165) is 43.5 Å². The fraction of sp³-hybridized carbons (Fsp3) is 0.0909. The van der Waals surface area contributed by atoms with Crippen molar-refractivity contribution in [1.82, 2.24) is 10.3 Å². The van der Waals surface area contributed by atoms with Gasteiger partial charge in [-0.3, -0.25) is 20.3 Å². The third-order valence-corrected chi connectivity index (χ3v) is 3.50. The van der Waals surface area contributed by atoms with Crippen molar-refractivity contribution in [3.63, 3.8) is 0 Å². The number of nitrogens with zero attached hydrogens (tertiary/aromatic N) is 1. The van der Waals surface area contributed by atoms with E-state index in [1.165, 1.54) is 0 Å². The molecule has 1 aromatic rings. The lowest BCUT2D eigenvalue weighted by molar-refractivity contribution is -0.384. The molecular weight excluding hydrogens is 318 g/mol. The van der Waals surface area contributed by atoms with E-state index in [9.17, 15) is 28.1 Å². The first kappa shape index (κ1) is 17.3. The number of hydrazine groups is 1. The zero-order valence-electron chi connectivity index (χ0n) is 11.2. The molecular formula is C11H11N3O7S. The molecule has 0 aliphatic carbocycles. The van der Waals surface area contributed by atoms with Gasteiger partial charge < -0.3 is 4.74 Å². The van der Waals surface area contributed by atoms with Crippen LogP contribution in [0.3, 0.4) is 0 Å². The second-order valence-corrected chi connectivity index (χ2v) is 5.38. The quantitative estimate of drug-likeness (QED) is 0.313. The zero-order valence-corrected chi connectivity index (χ0v) is 12.0. The monoisotopic (exact) mass is 329 g/mol. The maximum absolute atomic E-state index is 11.8. The number of ether oxygens (including phenoxy) is 1. The van der Waals surface area contributed by atoms with Gasteiger partial charge in [0.2, 0.25) is 0 Å². The molecule has 0 saturated heterocycles. The Kier molecular flexibility index (Phi) is 5.72. The maximum Gasteiger partial charge on any atom is 0.330 e. The Labute approximate surface area is 124 Å². The van der Waals surface area contributed by atoms with Crippen LogP contribution in [0.2, 0.25) is 0 Å². The van der Waals surface area contributed by atoms with E-state index < -0.39 is 26.8 Å². The highest BCUT2D eigenvalue weighted by Crippen LogP contribution is 2.15. The first-order valence-electron chi connectivity index (χ1n) is 5.58. The van der Waals surface area contributed by atoms with Crippen molar-refractivity contribution in [3.05, 3.63) is 46.5 Å². The molecule has 0 saturated carbocycles. The lowest BCUT2D eigenvalue weighted by Crippen LogP contribution is -2.40. The number of nitro groups is 1. The highest BCUT2D eigenvalue weighted by atomic mass is 32.2. The van der Waals surface area contributed by atoms with E-state index in [2.05, 4.69) is 4.74 Å². The lowest BCUT2D eigenvalue weighted by Gasteiger charge is -2.06. The predicted octanol–water partition coefficient (Wildman–Crippen LogP) is -0.366. The number of hydrogen-bond donors (Lipinski definition) is 2. The number of methoxy groups -OCH3 is 1. The molecule has 0 aliphatic heterocycles. The Morgan fingerprint density at radius 3 is 2.32 bits per heavy atom. The summed E-state index contributed by atoms with van der Waals surface area (Å²) in [5.41, 5.74) is 1.56. The third kappa shape index (κ3) is 4.96. The van der Waals surface area contributed by atoms with Crippen LogP contribution in [-0.2, 0) is 24.3 Å². The summed E-state index contributed by atoms with van der Waals surface area (Å²) in [4.78, 5) is 33.3. The average molecular weight is 329 g/mol. The summed E-state index contributed by atoms with van der Waals surface area (Å²) in [6.07, 6.45) is 1.57. The van der Waals surface area contributed by atoms with Gasteiger partial charge in [0.15, 0.2) is 0 Å². The Morgan fingerprint density at radius 2 is 1.82 bits per heavy atom. The number of nitro benzene ring substituents is 1. The molecule has 0 aliphatic rings. The summed E-state index contributed by atoms with van der Waals surface area (Å²) < 4.78 is 27.8. The molecule has 1 rings (SSSR count). The lowest BCUT2D eigenvalue weighted by atomic mass is 10.3. The fourth-order valence-corrected chi connectivity index (χ4v) is 2.02. The van der Waals surface area contributed by atoms with Crippen LogP contribution in [0.4, 0.5) is 5.69 Å². The van der Waals surface area contributed by atoms with Gasteiger partial charge in [-0.25, -0.2) is 13.2 Å². The first-order valence-corrected chi connectivity index (χ1v) is 7.07. The average Bonchev–Trinajstić information content (AvgIpc) is 2.50. The number of rotatable bonds is 6. The van der Waals surface area contributed by atoms with Crippen LogP contribution < -0.4 is 10.3 Å². The Balaban J connectivity index is 2.71. The highest BCUT2D eigenvalue weighted by Gasteiger charge is 2.16. The van der Waals surface area contributed by atoms with Gasteiger partial charge in [0.25, 0.3) is 21.6 Å². The molecule has 0 spiro atoms. The Hall–Kier alpha value is -2.79. The molecule has 22 heavy (non-hydrogen) atoms. The minimum Gasteiger partial charge on any atom is -0.466 e. The third-order valence-electron chi connectivity index (χ3n) is 2.24. The number of esters is 1. The molecule has 0 fully saturated rings. The van der Waals surface area contributed by atoms with Gasteiger partial charge in [-0.15, -0.1) is 4.83 Å². The number of nitrogens with one attached hydrogen (secondary N) is 2. The topological polar surface area (TPSA) is 145 Å². The van der Waals surface area contributed by atoms with Crippen molar-refractivity contribution in [1.29, 1.82) is 0 Å². The van der Waals surface area contributed by atoms with Crippen LogP contribution in [0.1, 0.15) is 0 Å². The van der Waals surface area contributed by atoms with E-state index >= 15 is 0 Å². The van der Waals surface area contributed by atoms with Crippen molar-refractivity contribution in [3.8, 4) is 0 Å². The van der Waals surface area contributed by atoms with Gasteiger partial charge in [-0.05, 0) is 12.1 Å². The van der Waals surface area contributed by atoms with Crippen LogP contribution >= 0.6 is 0 Å². The van der Waals surface area contributed by atoms with Gasteiger partial charge in [0, 0.05) is 24.3 Å². The molecule has 2 N–H and O–H groups in total. The van der Waals surface area contributed by atoms with E-state index in [0.29, 0.717) is 0 Å². The van der Waals surface area contributed by atoms with Crippen molar-refractivity contribution in [2.75, 3.05) is 7.11 Å². The Morgan fingerprint density at radius 1 is 1.23 bits per heavy atom. The van der Waals surface area contributed by atoms with Crippen molar-refractivity contribution >= 4 is 27.6 Å². The summed E-state index contributed by atoms with van der Waals surface area (Å²) in [7, 11) is -2.98. The molecule has 0 heterocycles. The minimum atomic E-state index is -4.10. The van der Waals surface area contributed by atoms with Crippen molar-refractivity contribution in [2.24, 2.45) is 0 Å². The summed E-state index contributed by atoms with van der Waals surface area (Å²) >= 11 is 0. The summed E-state index contributed by atoms with van der Waals surface area (Å²) in [5.74, 6) is -1.69. The standard InChI is InChI=1S/C11H11N3O7S/c1-21-11(16)7-6-10(15)12-13-22(19,20)9-4-2-8(3-5-9)14(17)18/h2-7,13H,1H3,(H,12,15). The Bertz CT molecular complexity index is 710. The number of hydrogen-bond acceptors (Lipinski definition) is 7. The first-order chi connectivity index (χ1) is 10.3. The van der Waals surface area contributed by atoms with E-state index in [1.54, 1.807) is 4.83 Å². The molecule has 0 unspecified atom stereocenters. The SMILES string of the molecule is COC(=O)C=CC(=O)NNS(=O)(=O)c1ccc([N+](=O)[O-])cc1. The van der Waals surface area contributed by atoms with E-state index in [1.807, 2.05) is 5.43 Å². The molecule has 11 heteroatoms. The second kappa shape index (κ2) is 7.28. The van der Waals surface area contributed by atoms with Crippen LogP contribution in [0, 0.1) is 10.1 Å². The van der Waals surface area contributed by atoms with Crippen molar-refractivity contribution < 1.29 is 27.7 Å². The molecule has 0 radical (unpaired) electrons. The van der Waals surface area contributed by atoms with Crippen LogP contribution in [0.5, 0.6) is 0 Å². The largest absolute Gasteiger partial charge is 0.466 e. The highest BCUT2D eigenvalue weighted by molar-refractivity contribution is 7.89. The molecule has 0 atom stereocenters. The number of carbonyl (C=O) groups excluding carboxylic acids is 2. The zero-order chi connectivity index (χ0) is 16.8. The van der Waals surface area contributed by atoms with E-state index in [-0.39, 0.29) is 10.6 Å². The maximum atomic E-state index is 11.8. The molecule has 0 bridgehead atoms. The fourth-order valence-electron chi connectivity index (χ4n) is 1.18. The number of carbonyl (C=O) groups is 2. The van der Waals surface area contributed by atoms with Crippen LogP contribution in [0.15, 0.2) is 41.3 Å². The van der Waals surface area contributed by atoms with Crippen LogP contribution in [-0.4, -0.2) is 32.3 Å². The molecule has 1 aromatic carbocycles. The van der Waals surface area contributed by atoms with Gasteiger partial charge >= 0.3 is 5.97 Å². The molecule has 118 valence electrons. The van der Waals surface area contributed by atoms with Gasteiger partial charge in [-0.1, -0.05) is 0 Å². The van der Waals surface area contributed by atoms with Crippen LogP contribution in [0.25, 0.3) is 0 Å². The molecule has 0 aromatic heterocycles. The summed E-state index contributed by atoms with van der Waals surface area (Å²) in [6, 6.07) is 4.04. The van der Waals surface area contributed by atoms with Gasteiger partial charge in [0.1, 0.15) is 0 Å². The summed E-state index contributed by atoms with van der Waals surface area (Å²) in [6.45, 7) is 0. The number of benzene rings is 1. The van der Waals surface area contributed by atoms with Crippen molar-refractivity contribution in [2.45, 2.75) is 4.90 Å². The number of sulfonamides is 1. The number of amides is 1. The second-order valence-electron chi connectivity index (χ2n) is 3.70. The minimum absolute atomic E-state index is 0.274.